The van der Waals surface area contributed by atoms with Crippen molar-refractivity contribution in [3.8, 4) is 0 Å². The molecule has 0 radical (unpaired) electrons. The summed E-state index contributed by atoms with van der Waals surface area (Å²) in [7, 11) is 0. The third kappa shape index (κ3) is 2.02. The van der Waals surface area contributed by atoms with Crippen LogP contribution in [0.4, 0.5) is 0 Å². The molecule has 0 unspecified atom stereocenters. The van der Waals surface area contributed by atoms with Crippen LogP contribution in [-0.2, 0) is 10.2 Å². The van der Waals surface area contributed by atoms with Crippen LogP contribution >= 0.6 is 11.6 Å². The number of aromatic amines is 1. The second kappa shape index (κ2) is 4.27. The molecular formula is C15H16ClNO2. The molecular weight excluding hydrogens is 262 g/mol. The van der Waals surface area contributed by atoms with Gasteiger partial charge in [-0.25, -0.2) is 4.79 Å². The van der Waals surface area contributed by atoms with Gasteiger partial charge in [-0.15, -0.1) is 0 Å². The summed E-state index contributed by atoms with van der Waals surface area (Å²) in [5.41, 5.74) is 2.66. The standard InChI is InChI=1S/C15H16ClNO2/c1-3-19-14(18)13-12(15(2)6-7-15)10-8-9(16)4-5-11(10)17-13/h4-5,8,17H,3,6-7H2,1-2H3. The third-order valence-corrected chi connectivity index (χ3v) is 4.08. The zero-order valence-electron chi connectivity index (χ0n) is 11.0. The van der Waals surface area contributed by atoms with Crippen LogP contribution < -0.4 is 0 Å². The third-order valence-electron chi connectivity index (χ3n) is 3.84. The number of benzene rings is 1. The number of ether oxygens (including phenoxy) is 1. The molecule has 0 spiro atoms. The Morgan fingerprint density at radius 2 is 2.21 bits per heavy atom. The van der Waals surface area contributed by atoms with Crippen LogP contribution in [0.5, 0.6) is 0 Å². The maximum Gasteiger partial charge on any atom is 0.355 e. The topological polar surface area (TPSA) is 42.1 Å². The van der Waals surface area contributed by atoms with Crippen LogP contribution in [-0.4, -0.2) is 17.6 Å². The van der Waals surface area contributed by atoms with Crippen molar-refractivity contribution >= 4 is 28.5 Å². The quantitative estimate of drug-likeness (QED) is 0.860. The number of hydrogen-bond acceptors (Lipinski definition) is 2. The lowest BCUT2D eigenvalue weighted by molar-refractivity contribution is 0.0518. The molecule has 4 heteroatoms. The largest absolute Gasteiger partial charge is 0.461 e. The van der Waals surface area contributed by atoms with Crippen LogP contribution in [0.3, 0.4) is 0 Å². The molecule has 2 aromatic rings. The van der Waals surface area contributed by atoms with Crippen molar-refractivity contribution in [1.82, 2.24) is 4.98 Å². The Morgan fingerprint density at radius 3 is 2.84 bits per heavy atom. The Labute approximate surface area is 116 Å². The first-order valence-corrected chi connectivity index (χ1v) is 6.92. The van der Waals surface area contributed by atoms with Gasteiger partial charge in [-0.1, -0.05) is 18.5 Å². The van der Waals surface area contributed by atoms with Crippen molar-refractivity contribution in [3.05, 3.63) is 34.5 Å². The molecule has 1 aliphatic carbocycles. The van der Waals surface area contributed by atoms with Gasteiger partial charge >= 0.3 is 5.97 Å². The molecule has 1 aromatic carbocycles. The summed E-state index contributed by atoms with van der Waals surface area (Å²) in [6.07, 6.45) is 2.19. The first kappa shape index (κ1) is 12.5. The molecule has 0 atom stereocenters. The Morgan fingerprint density at radius 1 is 1.47 bits per heavy atom. The van der Waals surface area contributed by atoms with Crippen LogP contribution in [0.25, 0.3) is 10.9 Å². The summed E-state index contributed by atoms with van der Waals surface area (Å²) < 4.78 is 5.15. The minimum atomic E-state index is -0.280. The van der Waals surface area contributed by atoms with Gasteiger partial charge in [0.1, 0.15) is 5.69 Å². The molecule has 1 aliphatic rings. The highest BCUT2D eigenvalue weighted by atomic mass is 35.5. The minimum Gasteiger partial charge on any atom is -0.461 e. The van der Waals surface area contributed by atoms with E-state index < -0.39 is 0 Å². The number of rotatable bonds is 3. The zero-order chi connectivity index (χ0) is 13.6. The maximum atomic E-state index is 12.1. The van der Waals surface area contributed by atoms with Crippen LogP contribution in [0.15, 0.2) is 18.2 Å². The van der Waals surface area contributed by atoms with Crippen LogP contribution in [0.1, 0.15) is 42.7 Å². The van der Waals surface area contributed by atoms with E-state index in [2.05, 4.69) is 11.9 Å². The lowest BCUT2D eigenvalue weighted by Crippen LogP contribution is -2.12. The van der Waals surface area contributed by atoms with E-state index in [0.29, 0.717) is 17.3 Å². The predicted octanol–water partition coefficient (Wildman–Crippen LogP) is 4.05. The van der Waals surface area contributed by atoms with Crippen molar-refractivity contribution in [3.63, 3.8) is 0 Å². The van der Waals surface area contributed by atoms with Gasteiger partial charge in [-0.2, -0.15) is 0 Å². The fourth-order valence-electron chi connectivity index (χ4n) is 2.58. The number of carbonyl (C=O) groups excluding carboxylic acids is 1. The number of aromatic nitrogens is 1. The zero-order valence-corrected chi connectivity index (χ0v) is 11.8. The van der Waals surface area contributed by atoms with E-state index in [-0.39, 0.29) is 11.4 Å². The highest BCUT2D eigenvalue weighted by molar-refractivity contribution is 6.31. The van der Waals surface area contributed by atoms with E-state index in [9.17, 15) is 4.79 Å². The van der Waals surface area contributed by atoms with E-state index >= 15 is 0 Å². The Balaban J connectivity index is 2.23. The maximum absolute atomic E-state index is 12.1. The summed E-state index contributed by atoms with van der Waals surface area (Å²) in [6, 6.07) is 5.67. The normalized spacial score (nSPS) is 16.6. The van der Waals surface area contributed by atoms with Gasteiger partial charge in [0, 0.05) is 15.9 Å². The Hall–Kier alpha value is -1.48. The SMILES string of the molecule is CCOC(=O)c1[nH]c2ccc(Cl)cc2c1C1(C)CC1. The highest BCUT2D eigenvalue weighted by Crippen LogP contribution is 2.51. The van der Waals surface area contributed by atoms with Crippen molar-refractivity contribution in [2.24, 2.45) is 0 Å². The van der Waals surface area contributed by atoms with Gasteiger partial charge in [0.15, 0.2) is 0 Å². The van der Waals surface area contributed by atoms with E-state index in [1.807, 2.05) is 25.1 Å². The molecule has 1 saturated carbocycles. The van der Waals surface area contributed by atoms with E-state index in [1.165, 1.54) is 0 Å². The number of halogens is 1. The molecule has 0 amide bonds. The summed E-state index contributed by atoms with van der Waals surface area (Å²) in [5.74, 6) is -0.280. The fraction of sp³-hybridized carbons (Fsp3) is 0.400. The monoisotopic (exact) mass is 277 g/mol. The van der Waals surface area contributed by atoms with Gasteiger partial charge in [0.2, 0.25) is 0 Å². The van der Waals surface area contributed by atoms with Crippen LogP contribution in [0, 0.1) is 0 Å². The van der Waals surface area contributed by atoms with Gasteiger partial charge in [-0.05, 0) is 48.9 Å². The van der Waals surface area contributed by atoms with Crippen molar-refractivity contribution in [2.75, 3.05) is 6.61 Å². The lowest BCUT2D eigenvalue weighted by Gasteiger charge is -2.10. The Kier molecular flexibility index (Phi) is 2.82. The molecule has 1 heterocycles. The Bertz CT molecular complexity index is 655. The molecule has 1 fully saturated rings. The molecule has 3 nitrogen and oxygen atoms in total. The molecule has 100 valence electrons. The van der Waals surface area contributed by atoms with Crippen molar-refractivity contribution in [1.29, 1.82) is 0 Å². The van der Waals surface area contributed by atoms with Gasteiger partial charge < -0.3 is 9.72 Å². The number of fused-ring (bicyclic) bond motifs is 1. The minimum absolute atomic E-state index is 0.0744. The number of H-pyrrole nitrogens is 1. The molecule has 0 bridgehead atoms. The first-order valence-electron chi connectivity index (χ1n) is 6.54. The number of carbonyl (C=O) groups is 1. The first-order chi connectivity index (χ1) is 9.05. The van der Waals surface area contributed by atoms with Gasteiger partial charge in [0.25, 0.3) is 0 Å². The summed E-state index contributed by atoms with van der Waals surface area (Å²) in [4.78, 5) is 15.3. The second-order valence-electron chi connectivity index (χ2n) is 5.35. The number of esters is 1. The smallest absolute Gasteiger partial charge is 0.355 e. The van der Waals surface area contributed by atoms with Crippen molar-refractivity contribution < 1.29 is 9.53 Å². The second-order valence-corrected chi connectivity index (χ2v) is 5.78. The molecule has 1 N–H and O–H groups in total. The predicted molar refractivity (Wildman–Crippen MR) is 75.9 cm³/mol. The highest BCUT2D eigenvalue weighted by Gasteiger charge is 2.44. The van der Waals surface area contributed by atoms with E-state index in [1.54, 1.807) is 0 Å². The summed E-state index contributed by atoms with van der Waals surface area (Å²) in [6.45, 7) is 4.38. The van der Waals surface area contributed by atoms with Gasteiger partial charge in [0.05, 0.1) is 6.61 Å². The summed E-state index contributed by atoms with van der Waals surface area (Å²) >= 11 is 6.08. The molecule has 3 rings (SSSR count). The summed E-state index contributed by atoms with van der Waals surface area (Å²) in [5, 5.41) is 1.72. The van der Waals surface area contributed by atoms with Crippen molar-refractivity contribution in [2.45, 2.75) is 32.1 Å². The van der Waals surface area contributed by atoms with E-state index in [4.69, 9.17) is 16.3 Å². The average molecular weight is 278 g/mol. The molecule has 1 aromatic heterocycles. The number of nitrogens with one attached hydrogen (secondary N) is 1. The molecule has 0 aliphatic heterocycles. The van der Waals surface area contributed by atoms with Gasteiger partial charge in [-0.3, -0.25) is 0 Å². The number of hydrogen-bond donors (Lipinski definition) is 1. The van der Waals surface area contributed by atoms with E-state index in [0.717, 1.165) is 29.3 Å². The van der Waals surface area contributed by atoms with Crippen LogP contribution in [0.2, 0.25) is 5.02 Å². The molecule has 19 heavy (non-hydrogen) atoms. The fourth-order valence-corrected chi connectivity index (χ4v) is 2.76. The lowest BCUT2D eigenvalue weighted by atomic mass is 9.95. The average Bonchev–Trinajstić information content (AvgIpc) is 2.99. The molecule has 0 saturated heterocycles.